The molecule has 0 aromatic heterocycles. The Morgan fingerprint density at radius 2 is 1.33 bits per heavy atom. The Labute approximate surface area is 66.8 Å². The molecule has 0 radical (unpaired) electrons. The number of aliphatic hydroxyl groups is 2. The first-order chi connectivity index (χ1) is 5.39. The Kier molecular flexibility index (Phi) is 4.47. The summed E-state index contributed by atoms with van der Waals surface area (Å²) in [5, 5.41) is 17.3. The molecule has 0 heterocycles. The van der Waals surface area contributed by atoms with Crippen molar-refractivity contribution in [1.29, 1.82) is 0 Å². The zero-order valence-corrected chi connectivity index (χ0v) is 6.18. The maximum absolute atomic E-state index is 11.7. The number of hydrogen-bond donors (Lipinski definition) is 2. The minimum Gasteiger partial charge on any atom is -0.393 e. The van der Waals surface area contributed by atoms with Gasteiger partial charge in [0.15, 0.2) is 0 Å². The van der Waals surface area contributed by atoms with Crippen LogP contribution in [-0.2, 0) is 0 Å². The van der Waals surface area contributed by atoms with Crippen molar-refractivity contribution in [3.8, 4) is 0 Å². The molecule has 0 saturated heterocycles. The molecule has 0 spiro atoms. The SMILES string of the molecule is OCC(O)(CC(F)F)CC(F)F. The second kappa shape index (κ2) is 4.61. The summed E-state index contributed by atoms with van der Waals surface area (Å²) < 4.78 is 46.6. The van der Waals surface area contributed by atoms with Crippen LogP contribution in [0.5, 0.6) is 0 Å². The van der Waals surface area contributed by atoms with Gasteiger partial charge >= 0.3 is 0 Å². The summed E-state index contributed by atoms with van der Waals surface area (Å²) >= 11 is 0. The molecule has 0 unspecified atom stereocenters. The third-order valence-corrected chi connectivity index (χ3v) is 1.36. The quantitative estimate of drug-likeness (QED) is 0.635. The van der Waals surface area contributed by atoms with Gasteiger partial charge in [-0.3, -0.25) is 0 Å². The highest BCUT2D eigenvalue weighted by Crippen LogP contribution is 2.22. The molecule has 0 aliphatic heterocycles. The van der Waals surface area contributed by atoms with Crippen LogP contribution < -0.4 is 0 Å². The highest BCUT2D eigenvalue weighted by Gasteiger charge is 2.33. The fraction of sp³-hybridized carbons (Fsp3) is 1.00. The molecular formula is C6H10F4O2. The van der Waals surface area contributed by atoms with Gasteiger partial charge in [-0.2, -0.15) is 0 Å². The third kappa shape index (κ3) is 4.50. The molecule has 0 aromatic rings. The van der Waals surface area contributed by atoms with Gasteiger partial charge in [-0.25, -0.2) is 17.6 Å². The van der Waals surface area contributed by atoms with E-state index in [1.807, 2.05) is 0 Å². The minimum atomic E-state index is -2.90. The normalized spacial score (nSPS) is 13.0. The highest BCUT2D eigenvalue weighted by atomic mass is 19.3. The van der Waals surface area contributed by atoms with Crippen LogP contribution in [-0.4, -0.2) is 35.3 Å². The third-order valence-electron chi connectivity index (χ3n) is 1.36. The first kappa shape index (κ1) is 11.6. The lowest BCUT2D eigenvalue weighted by molar-refractivity contribution is -0.0894. The van der Waals surface area contributed by atoms with Gasteiger partial charge in [0.1, 0.15) is 0 Å². The van der Waals surface area contributed by atoms with Gasteiger partial charge in [0.25, 0.3) is 0 Å². The Hall–Kier alpha value is -0.360. The van der Waals surface area contributed by atoms with Crippen molar-refractivity contribution in [3.05, 3.63) is 0 Å². The summed E-state index contributed by atoms with van der Waals surface area (Å²) in [7, 11) is 0. The zero-order chi connectivity index (χ0) is 9.78. The fourth-order valence-corrected chi connectivity index (χ4v) is 0.787. The number of aliphatic hydroxyl groups excluding tert-OH is 1. The molecule has 0 amide bonds. The van der Waals surface area contributed by atoms with E-state index in [-0.39, 0.29) is 0 Å². The van der Waals surface area contributed by atoms with E-state index >= 15 is 0 Å². The maximum atomic E-state index is 11.7. The molecule has 0 rings (SSSR count). The molecule has 0 fully saturated rings. The zero-order valence-electron chi connectivity index (χ0n) is 6.18. The van der Waals surface area contributed by atoms with Crippen LogP contribution in [0.3, 0.4) is 0 Å². The van der Waals surface area contributed by atoms with Gasteiger partial charge in [-0.1, -0.05) is 0 Å². The average molecular weight is 190 g/mol. The lowest BCUT2D eigenvalue weighted by Crippen LogP contribution is -2.37. The average Bonchev–Trinajstić information content (AvgIpc) is 1.83. The van der Waals surface area contributed by atoms with E-state index in [1.165, 1.54) is 0 Å². The predicted molar refractivity (Wildman–Crippen MR) is 33.3 cm³/mol. The minimum absolute atomic E-state index is 1.08. The number of halogens is 4. The second-order valence-electron chi connectivity index (χ2n) is 2.57. The van der Waals surface area contributed by atoms with Gasteiger partial charge in [0.2, 0.25) is 12.9 Å². The van der Waals surface area contributed by atoms with Crippen LogP contribution in [0.25, 0.3) is 0 Å². The molecule has 0 saturated carbocycles. The van der Waals surface area contributed by atoms with E-state index in [0.717, 1.165) is 0 Å². The van der Waals surface area contributed by atoms with E-state index in [1.54, 1.807) is 0 Å². The van der Waals surface area contributed by atoms with Crippen molar-refractivity contribution in [3.63, 3.8) is 0 Å². The highest BCUT2D eigenvalue weighted by molar-refractivity contribution is 4.79. The van der Waals surface area contributed by atoms with Crippen molar-refractivity contribution in [2.75, 3.05) is 6.61 Å². The molecule has 2 nitrogen and oxygen atoms in total. The van der Waals surface area contributed by atoms with Gasteiger partial charge in [-0.15, -0.1) is 0 Å². The lowest BCUT2D eigenvalue weighted by Gasteiger charge is -2.24. The van der Waals surface area contributed by atoms with Crippen LogP contribution in [0, 0.1) is 0 Å². The monoisotopic (exact) mass is 190 g/mol. The molecule has 2 N–H and O–H groups in total. The Bertz CT molecular complexity index is 119. The molecule has 12 heavy (non-hydrogen) atoms. The summed E-state index contributed by atoms with van der Waals surface area (Å²) in [6.07, 6.45) is -8.07. The molecule has 6 heteroatoms. The van der Waals surface area contributed by atoms with E-state index in [9.17, 15) is 17.6 Å². The maximum Gasteiger partial charge on any atom is 0.241 e. The van der Waals surface area contributed by atoms with E-state index in [0.29, 0.717) is 0 Å². The van der Waals surface area contributed by atoms with Gasteiger partial charge in [0, 0.05) is 12.8 Å². The van der Waals surface area contributed by atoms with E-state index in [2.05, 4.69) is 0 Å². The summed E-state index contributed by atoms with van der Waals surface area (Å²) in [6, 6.07) is 0. The molecule has 0 atom stereocenters. The van der Waals surface area contributed by atoms with Crippen LogP contribution in [0.1, 0.15) is 12.8 Å². The Morgan fingerprint density at radius 3 is 1.50 bits per heavy atom. The van der Waals surface area contributed by atoms with Crippen molar-refractivity contribution in [2.45, 2.75) is 31.3 Å². The topological polar surface area (TPSA) is 40.5 Å². The molecule has 0 aliphatic carbocycles. The van der Waals surface area contributed by atoms with Crippen molar-refractivity contribution >= 4 is 0 Å². The van der Waals surface area contributed by atoms with Crippen molar-refractivity contribution in [1.82, 2.24) is 0 Å². The smallest absolute Gasteiger partial charge is 0.241 e. The predicted octanol–water partition coefficient (Wildman–Crippen LogP) is 1.02. The molecule has 74 valence electrons. The summed E-state index contributed by atoms with van der Waals surface area (Å²) in [5.74, 6) is 0. The van der Waals surface area contributed by atoms with Crippen LogP contribution in [0.4, 0.5) is 17.6 Å². The Balaban J connectivity index is 4.04. The molecule has 0 aromatic carbocycles. The van der Waals surface area contributed by atoms with E-state index in [4.69, 9.17) is 10.2 Å². The summed E-state index contributed by atoms with van der Waals surface area (Å²) in [6.45, 7) is -1.08. The van der Waals surface area contributed by atoms with Gasteiger partial charge in [0.05, 0.1) is 12.2 Å². The molecular weight excluding hydrogens is 180 g/mol. The standard InChI is InChI=1S/C6H10F4O2/c7-4(8)1-6(12,3-11)2-5(9)10/h4-5,11-12H,1-3H2. The summed E-state index contributed by atoms with van der Waals surface area (Å²) in [4.78, 5) is 0. The fourth-order valence-electron chi connectivity index (χ4n) is 0.787. The number of alkyl halides is 4. The molecule has 0 aliphatic rings. The van der Waals surface area contributed by atoms with Crippen LogP contribution >= 0.6 is 0 Å². The first-order valence-corrected chi connectivity index (χ1v) is 3.29. The first-order valence-electron chi connectivity index (χ1n) is 3.29. The van der Waals surface area contributed by atoms with Gasteiger partial charge in [-0.05, 0) is 0 Å². The number of hydrogen-bond acceptors (Lipinski definition) is 2. The lowest BCUT2D eigenvalue weighted by atomic mass is 9.97. The largest absolute Gasteiger partial charge is 0.393 e. The summed E-state index contributed by atoms with van der Waals surface area (Å²) in [5.41, 5.74) is -2.36. The van der Waals surface area contributed by atoms with Crippen LogP contribution in [0.2, 0.25) is 0 Å². The van der Waals surface area contributed by atoms with Crippen LogP contribution in [0.15, 0.2) is 0 Å². The van der Waals surface area contributed by atoms with E-state index < -0.39 is 37.9 Å². The number of rotatable bonds is 5. The van der Waals surface area contributed by atoms with Crippen molar-refractivity contribution in [2.24, 2.45) is 0 Å². The Morgan fingerprint density at radius 1 is 1.00 bits per heavy atom. The van der Waals surface area contributed by atoms with Gasteiger partial charge < -0.3 is 10.2 Å². The molecule has 0 bridgehead atoms. The van der Waals surface area contributed by atoms with Crippen molar-refractivity contribution < 1.29 is 27.8 Å². The second-order valence-corrected chi connectivity index (χ2v) is 2.57.